The van der Waals surface area contributed by atoms with Crippen molar-refractivity contribution in [3.05, 3.63) is 16.4 Å². The molecule has 0 aliphatic heterocycles. The lowest BCUT2D eigenvalue weighted by molar-refractivity contribution is 0.0696. The number of carboxylic acid groups (broad SMARTS) is 1. The number of nitrogens with zero attached hydrogens (tertiary/aromatic N) is 2. The molecule has 0 radical (unpaired) electrons. The molecule has 0 atom stereocenters. The molecular weight excluding hydrogens is 228 g/mol. The molecule has 0 amide bonds. The van der Waals surface area contributed by atoms with Crippen molar-refractivity contribution in [1.82, 2.24) is 9.78 Å². The molecule has 1 aromatic heterocycles. The van der Waals surface area contributed by atoms with Crippen LogP contribution in [0, 0.1) is 0 Å². The lowest BCUT2D eigenvalue weighted by Crippen LogP contribution is -2.07. The van der Waals surface area contributed by atoms with Gasteiger partial charge in [-0.05, 0) is 19.3 Å². The number of rotatable bonds is 3. The van der Waals surface area contributed by atoms with Crippen LogP contribution in [-0.4, -0.2) is 20.9 Å². The summed E-state index contributed by atoms with van der Waals surface area (Å²) in [7, 11) is 0. The van der Waals surface area contributed by atoms with Crippen molar-refractivity contribution in [3.63, 3.8) is 0 Å². The van der Waals surface area contributed by atoms with E-state index in [1.54, 1.807) is 4.68 Å². The Balaban J connectivity index is 2.42. The highest BCUT2D eigenvalue weighted by Gasteiger charge is 2.26. The van der Waals surface area contributed by atoms with Gasteiger partial charge in [-0.25, -0.2) is 9.48 Å². The van der Waals surface area contributed by atoms with Crippen molar-refractivity contribution in [1.29, 1.82) is 0 Å². The van der Waals surface area contributed by atoms with Gasteiger partial charge in [0.15, 0.2) is 0 Å². The van der Waals surface area contributed by atoms with Gasteiger partial charge in [-0.2, -0.15) is 5.10 Å². The van der Waals surface area contributed by atoms with E-state index in [4.69, 9.17) is 16.7 Å². The number of aromatic carboxylic acids is 1. The van der Waals surface area contributed by atoms with Crippen molar-refractivity contribution in [2.24, 2.45) is 0 Å². The summed E-state index contributed by atoms with van der Waals surface area (Å²) in [6.07, 6.45) is 5.03. The molecule has 0 aromatic carbocycles. The molecule has 1 aromatic rings. The van der Waals surface area contributed by atoms with E-state index in [9.17, 15) is 4.79 Å². The molecule has 1 aliphatic carbocycles. The van der Waals surface area contributed by atoms with Crippen molar-refractivity contribution < 1.29 is 9.90 Å². The Labute approximate surface area is 99.2 Å². The largest absolute Gasteiger partial charge is 0.478 e. The molecule has 0 bridgehead atoms. The zero-order valence-electron chi connectivity index (χ0n) is 9.24. The van der Waals surface area contributed by atoms with E-state index in [2.05, 4.69) is 5.10 Å². The third-order valence-corrected chi connectivity index (χ3v) is 3.51. The van der Waals surface area contributed by atoms with Crippen LogP contribution in [0.3, 0.4) is 0 Å². The van der Waals surface area contributed by atoms with Crippen LogP contribution in [0.2, 0.25) is 5.15 Å². The van der Waals surface area contributed by atoms with Gasteiger partial charge < -0.3 is 5.11 Å². The van der Waals surface area contributed by atoms with Crippen LogP contribution >= 0.6 is 11.6 Å². The fourth-order valence-electron chi connectivity index (χ4n) is 2.31. The van der Waals surface area contributed by atoms with Gasteiger partial charge in [-0.1, -0.05) is 31.4 Å². The zero-order chi connectivity index (χ0) is 11.7. The fraction of sp³-hybridized carbons (Fsp3) is 0.636. The summed E-state index contributed by atoms with van der Waals surface area (Å²) in [5, 5.41) is 13.7. The lowest BCUT2D eigenvalue weighted by atomic mass is 10.2. The van der Waals surface area contributed by atoms with Crippen LogP contribution in [0.15, 0.2) is 0 Å². The van der Waals surface area contributed by atoms with Gasteiger partial charge in [-0.15, -0.1) is 0 Å². The van der Waals surface area contributed by atoms with Gasteiger partial charge in [0, 0.05) is 0 Å². The first kappa shape index (κ1) is 11.5. The third-order valence-electron chi connectivity index (χ3n) is 3.14. The average Bonchev–Trinajstić information content (AvgIpc) is 2.83. The number of halogens is 1. The van der Waals surface area contributed by atoms with Gasteiger partial charge in [0.1, 0.15) is 10.7 Å². The Morgan fingerprint density at radius 1 is 1.56 bits per heavy atom. The van der Waals surface area contributed by atoms with Crippen molar-refractivity contribution in [2.45, 2.75) is 45.1 Å². The Morgan fingerprint density at radius 2 is 2.19 bits per heavy atom. The first-order chi connectivity index (χ1) is 7.65. The van der Waals surface area contributed by atoms with Gasteiger partial charge in [-0.3, -0.25) is 0 Å². The molecule has 1 aliphatic rings. The molecule has 1 heterocycles. The highest BCUT2D eigenvalue weighted by atomic mass is 35.5. The Bertz CT molecular complexity index is 408. The summed E-state index contributed by atoms with van der Waals surface area (Å²) in [6.45, 7) is 1.89. The SMILES string of the molecule is CCc1nn(C2CCCC2)c(Cl)c1C(=O)O. The molecule has 88 valence electrons. The minimum Gasteiger partial charge on any atom is -0.478 e. The van der Waals surface area contributed by atoms with Crippen molar-refractivity contribution in [2.75, 3.05) is 0 Å². The summed E-state index contributed by atoms with van der Waals surface area (Å²) in [6, 6.07) is 0.283. The summed E-state index contributed by atoms with van der Waals surface area (Å²) in [4.78, 5) is 11.1. The van der Waals surface area contributed by atoms with Crippen molar-refractivity contribution >= 4 is 17.6 Å². The van der Waals surface area contributed by atoms with Gasteiger partial charge in [0.05, 0.1) is 11.7 Å². The molecule has 4 nitrogen and oxygen atoms in total. The van der Waals surface area contributed by atoms with E-state index in [1.165, 1.54) is 12.8 Å². The van der Waals surface area contributed by atoms with Gasteiger partial charge in [0.25, 0.3) is 0 Å². The summed E-state index contributed by atoms with van der Waals surface area (Å²) in [5.41, 5.74) is 0.764. The van der Waals surface area contributed by atoms with Crippen LogP contribution in [0.1, 0.15) is 54.7 Å². The van der Waals surface area contributed by atoms with Crippen molar-refractivity contribution in [3.8, 4) is 0 Å². The normalized spacial score (nSPS) is 16.9. The minimum absolute atomic E-state index is 0.177. The summed E-state index contributed by atoms with van der Waals surface area (Å²) >= 11 is 6.10. The molecule has 16 heavy (non-hydrogen) atoms. The predicted molar refractivity (Wildman–Crippen MR) is 61.1 cm³/mol. The molecule has 0 spiro atoms. The second-order valence-corrected chi connectivity index (χ2v) is 4.51. The highest BCUT2D eigenvalue weighted by Crippen LogP contribution is 2.33. The molecule has 5 heteroatoms. The smallest absolute Gasteiger partial charge is 0.340 e. The number of carboxylic acids is 1. The quantitative estimate of drug-likeness (QED) is 0.887. The second-order valence-electron chi connectivity index (χ2n) is 4.15. The number of carbonyl (C=O) groups is 1. The predicted octanol–water partition coefficient (Wildman–Crippen LogP) is 2.91. The standard InChI is InChI=1S/C11H15ClN2O2/c1-2-8-9(11(15)16)10(12)14(13-8)7-5-3-4-6-7/h7H,2-6H2,1H3,(H,15,16). The van der Waals surface area contributed by atoms with E-state index in [0.29, 0.717) is 12.1 Å². The lowest BCUT2D eigenvalue weighted by Gasteiger charge is -2.10. The van der Waals surface area contributed by atoms with Crippen LogP contribution in [-0.2, 0) is 6.42 Å². The monoisotopic (exact) mass is 242 g/mol. The molecule has 1 saturated carbocycles. The summed E-state index contributed by atoms with van der Waals surface area (Å²) < 4.78 is 1.71. The summed E-state index contributed by atoms with van der Waals surface area (Å²) in [5.74, 6) is -0.980. The zero-order valence-corrected chi connectivity index (χ0v) is 10.00. The third kappa shape index (κ3) is 1.82. The first-order valence-electron chi connectivity index (χ1n) is 5.65. The maximum atomic E-state index is 11.1. The molecular formula is C11H15ClN2O2. The maximum Gasteiger partial charge on any atom is 0.340 e. The van der Waals surface area contributed by atoms with Gasteiger partial charge >= 0.3 is 5.97 Å². The second kappa shape index (κ2) is 4.45. The topological polar surface area (TPSA) is 55.1 Å². The molecule has 1 fully saturated rings. The van der Waals surface area contributed by atoms with Crippen LogP contribution < -0.4 is 0 Å². The maximum absolute atomic E-state index is 11.1. The number of aryl methyl sites for hydroxylation is 1. The Morgan fingerprint density at radius 3 is 2.62 bits per heavy atom. The average molecular weight is 243 g/mol. The van der Waals surface area contributed by atoms with Crippen LogP contribution in [0.4, 0.5) is 0 Å². The van der Waals surface area contributed by atoms with E-state index in [1.807, 2.05) is 6.92 Å². The van der Waals surface area contributed by atoms with Gasteiger partial charge in [0.2, 0.25) is 0 Å². The number of hydrogen-bond acceptors (Lipinski definition) is 2. The first-order valence-corrected chi connectivity index (χ1v) is 6.03. The van der Waals surface area contributed by atoms with E-state index in [0.717, 1.165) is 12.8 Å². The Hall–Kier alpha value is -1.03. The van der Waals surface area contributed by atoms with E-state index in [-0.39, 0.29) is 16.8 Å². The number of hydrogen-bond donors (Lipinski definition) is 1. The highest BCUT2D eigenvalue weighted by molar-refractivity contribution is 6.32. The number of aromatic nitrogens is 2. The molecule has 0 saturated heterocycles. The molecule has 1 N–H and O–H groups in total. The Kier molecular flexibility index (Phi) is 3.19. The fourth-order valence-corrected chi connectivity index (χ4v) is 2.67. The minimum atomic E-state index is -0.980. The molecule has 0 unspecified atom stereocenters. The van der Waals surface area contributed by atoms with Crippen LogP contribution in [0.5, 0.6) is 0 Å². The molecule has 2 rings (SSSR count). The van der Waals surface area contributed by atoms with E-state index < -0.39 is 5.97 Å². The van der Waals surface area contributed by atoms with Crippen LogP contribution in [0.25, 0.3) is 0 Å². The van der Waals surface area contributed by atoms with E-state index >= 15 is 0 Å².